The molecule has 0 radical (unpaired) electrons. The topological polar surface area (TPSA) is 43.1 Å². The molecule has 0 saturated heterocycles. The number of carbonyl (C=O) groups excluding carboxylic acids is 1. The number of hydrogen-bond donors (Lipinski definition) is 1. The summed E-state index contributed by atoms with van der Waals surface area (Å²) < 4.78 is 0. The molecular formula is C14H23NO. The molecule has 3 rings (SSSR count). The molecule has 0 heterocycles. The van der Waals surface area contributed by atoms with E-state index in [4.69, 9.17) is 5.73 Å². The van der Waals surface area contributed by atoms with E-state index in [2.05, 4.69) is 0 Å². The Kier molecular flexibility index (Phi) is 2.39. The Morgan fingerprint density at radius 1 is 1.31 bits per heavy atom. The van der Waals surface area contributed by atoms with E-state index in [1.54, 1.807) is 6.92 Å². The van der Waals surface area contributed by atoms with Gasteiger partial charge in [0.2, 0.25) is 0 Å². The minimum absolute atomic E-state index is 0.319. The van der Waals surface area contributed by atoms with Crippen molar-refractivity contribution < 1.29 is 4.79 Å². The third-order valence-electron chi connectivity index (χ3n) is 5.85. The summed E-state index contributed by atoms with van der Waals surface area (Å²) in [5.74, 6) is 2.33. The van der Waals surface area contributed by atoms with Crippen LogP contribution in [0.5, 0.6) is 0 Å². The van der Waals surface area contributed by atoms with Crippen LogP contribution in [-0.4, -0.2) is 11.8 Å². The molecule has 3 aliphatic carbocycles. The fourth-order valence-corrected chi connectivity index (χ4v) is 4.97. The first-order valence-electron chi connectivity index (χ1n) is 6.89. The number of rotatable bonds is 1. The molecule has 0 aliphatic heterocycles. The van der Waals surface area contributed by atoms with E-state index in [1.807, 2.05) is 0 Å². The van der Waals surface area contributed by atoms with Crippen LogP contribution < -0.4 is 5.73 Å². The molecule has 0 aromatic heterocycles. The normalized spacial score (nSPS) is 51.1. The summed E-state index contributed by atoms with van der Waals surface area (Å²) in [7, 11) is 0. The van der Waals surface area contributed by atoms with Crippen LogP contribution >= 0.6 is 0 Å². The van der Waals surface area contributed by atoms with Gasteiger partial charge in [0.15, 0.2) is 0 Å². The Hall–Kier alpha value is -0.370. The lowest BCUT2D eigenvalue weighted by molar-refractivity contribution is -0.124. The Morgan fingerprint density at radius 2 is 2.12 bits per heavy atom. The summed E-state index contributed by atoms with van der Waals surface area (Å²) >= 11 is 0. The molecule has 90 valence electrons. The number of nitrogens with two attached hydrogens (primary N) is 1. The van der Waals surface area contributed by atoms with Gasteiger partial charge >= 0.3 is 0 Å². The highest BCUT2D eigenvalue weighted by molar-refractivity contribution is 5.78. The van der Waals surface area contributed by atoms with E-state index in [0.29, 0.717) is 23.2 Å². The summed E-state index contributed by atoms with van der Waals surface area (Å²) in [6, 6.07) is 0.397. The van der Waals surface area contributed by atoms with Gasteiger partial charge < -0.3 is 5.73 Å². The van der Waals surface area contributed by atoms with Crippen molar-refractivity contribution in [1.29, 1.82) is 0 Å². The van der Waals surface area contributed by atoms with Gasteiger partial charge in [0.05, 0.1) is 0 Å². The van der Waals surface area contributed by atoms with E-state index < -0.39 is 0 Å². The molecule has 16 heavy (non-hydrogen) atoms. The zero-order chi connectivity index (χ0) is 11.3. The average Bonchev–Trinajstić information content (AvgIpc) is 2.84. The van der Waals surface area contributed by atoms with Gasteiger partial charge in [-0.3, -0.25) is 4.79 Å². The van der Waals surface area contributed by atoms with Crippen molar-refractivity contribution in [1.82, 2.24) is 0 Å². The first kappa shape index (κ1) is 10.8. The van der Waals surface area contributed by atoms with Gasteiger partial charge in [0.1, 0.15) is 5.78 Å². The highest BCUT2D eigenvalue weighted by atomic mass is 16.1. The summed E-state index contributed by atoms with van der Waals surface area (Å²) in [6.07, 6.45) is 8.80. The van der Waals surface area contributed by atoms with E-state index in [0.717, 1.165) is 24.7 Å². The Balaban J connectivity index is 1.85. The quantitative estimate of drug-likeness (QED) is 0.739. The number of carbonyl (C=O) groups is 1. The monoisotopic (exact) mass is 221 g/mol. The number of hydrogen-bond acceptors (Lipinski definition) is 2. The largest absolute Gasteiger partial charge is 0.327 e. The molecule has 1 spiro atoms. The zero-order valence-electron chi connectivity index (χ0n) is 10.2. The van der Waals surface area contributed by atoms with Crippen LogP contribution in [-0.2, 0) is 4.79 Å². The summed E-state index contributed by atoms with van der Waals surface area (Å²) in [6.45, 7) is 1.77. The maximum absolute atomic E-state index is 11.6. The summed E-state index contributed by atoms with van der Waals surface area (Å²) in [5.41, 5.74) is 6.84. The average molecular weight is 221 g/mol. The lowest BCUT2D eigenvalue weighted by atomic mass is 9.59. The van der Waals surface area contributed by atoms with Crippen molar-refractivity contribution in [2.45, 2.75) is 57.9 Å². The smallest absolute Gasteiger partial charge is 0.132 e. The van der Waals surface area contributed by atoms with Gasteiger partial charge in [-0.05, 0) is 62.7 Å². The molecule has 3 aliphatic rings. The Labute approximate surface area is 98.0 Å². The second-order valence-corrected chi connectivity index (χ2v) is 6.43. The minimum Gasteiger partial charge on any atom is -0.327 e. The number of ketones is 1. The molecule has 3 saturated carbocycles. The Morgan fingerprint density at radius 3 is 2.75 bits per heavy atom. The van der Waals surface area contributed by atoms with E-state index in [-0.39, 0.29) is 0 Å². The van der Waals surface area contributed by atoms with E-state index in [9.17, 15) is 4.79 Å². The van der Waals surface area contributed by atoms with Gasteiger partial charge in [-0.25, -0.2) is 0 Å². The van der Waals surface area contributed by atoms with E-state index in [1.165, 1.54) is 32.1 Å². The summed E-state index contributed by atoms with van der Waals surface area (Å²) in [4.78, 5) is 11.6. The molecule has 0 aromatic rings. The van der Waals surface area contributed by atoms with Crippen LogP contribution in [0.4, 0.5) is 0 Å². The van der Waals surface area contributed by atoms with Crippen LogP contribution in [0.3, 0.4) is 0 Å². The minimum atomic E-state index is 0.319. The van der Waals surface area contributed by atoms with Crippen LogP contribution in [0.25, 0.3) is 0 Å². The molecule has 0 amide bonds. The molecule has 2 heteroatoms. The summed E-state index contributed by atoms with van der Waals surface area (Å²) in [5, 5.41) is 0. The lowest BCUT2D eigenvalue weighted by Crippen LogP contribution is -2.49. The Bertz CT molecular complexity index is 310. The molecule has 3 fully saturated rings. The third-order valence-corrected chi connectivity index (χ3v) is 5.85. The molecule has 0 aromatic carbocycles. The molecular weight excluding hydrogens is 198 g/mol. The van der Waals surface area contributed by atoms with Crippen molar-refractivity contribution in [2.75, 3.05) is 0 Å². The van der Waals surface area contributed by atoms with E-state index >= 15 is 0 Å². The predicted octanol–water partition coefficient (Wildman–Crippen LogP) is 2.51. The number of Topliss-reactive ketones (excluding diaryl/α,β-unsaturated/α-hetero) is 1. The maximum atomic E-state index is 11.6. The standard InChI is InChI=1S/C14H23NO/c1-9(16)11-3-2-6-14(8-11)12-5-4-10(7-12)13(14)15/h10-13H,2-8,15H2,1H3/t10-,11-,12+,13-,14+/m0/s1. The van der Waals surface area contributed by atoms with Crippen molar-refractivity contribution in [2.24, 2.45) is 28.9 Å². The van der Waals surface area contributed by atoms with Gasteiger partial charge in [-0.1, -0.05) is 6.42 Å². The van der Waals surface area contributed by atoms with Crippen LogP contribution in [0, 0.1) is 23.2 Å². The van der Waals surface area contributed by atoms with Crippen molar-refractivity contribution in [3.63, 3.8) is 0 Å². The second kappa shape index (κ2) is 3.56. The van der Waals surface area contributed by atoms with Crippen LogP contribution in [0.15, 0.2) is 0 Å². The van der Waals surface area contributed by atoms with Crippen molar-refractivity contribution in [3.05, 3.63) is 0 Å². The molecule has 0 unspecified atom stereocenters. The van der Waals surface area contributed by atoms with Crippen molar-refractivity contribution in [3.8, 4) is 0 Å². The van der Waals surface area contributed by atoms with Crippen LogP contribution in [0.2, 0.25) is 0 Å². The molecule has 2 nitrogen and oxygen atoms in total. The highest BCUT2D eigenvalue weighted by Crippen LogP contribution is 2.61. The lowest BCUT2D eigenvalue weighted by Gasteiger charge is -2.47. The SMILES string of the molecule is CC(=O)[C@H]1CCC[C@@]2(C1)[C@@H]1CC[C@@H](C1)[C@@H]2N. The van der Waals surface area contributed by atoms with Gasteiger partial charge in [0.25, 0.3) is 0 Å². The molecule has 5 atom stereocenters. The predicted molar refractivity (Wildman–Crippen MR) is 63.9 cm³/mol. The van der Waals surface area contributed by atoms with Crippen LogP contribution in [0.1, 0.15) is 51.9 Å². The fraction of sp³-hybridized carbons (Fsp3) is 0.929. The molecule has 2 N–H and O–H groups in total. The third kappa shape index (κ3) is 1.32. The highest BCUT2D eigenvalue weighted by Gasteiger charge is 2.57. The number of fused-ring (bicyclic) bond motifs is 3. The van der Waals surface area contributed by atoms with Gasteiger partial charge in [-0.2, -0.15) is 0 Å². The van der Waals surface area contributed by atoms with Gasteiger partial charge in [-0.15, -0.1) is 0 Å². The van der Waals surface area contributed by atoms with Gasteiger partial charge in [0, 0.05) is 12.0 Å². The molecule has 2 bridgehead atoms. The first-order valence-corrected chi connectivity index (χ1v) is 6.89. The van der Waals surface area contributed by atoms with Crippen molar-refractivity contribution >= 4 is 5.78 Å². The second-order valence-electron chi connectivity index (χ2n) is 6.43. The maximum Gasteiger partial charge on any atom is 0.132 e. The zero-order valence-corrected chi connectivity index (χ0v) is 10.2. The fourth-order valence-electron chi connectivity index (χ4n) is 4.97. The first-order chi connectivity index (χ1) is 7.63.